The highest BCUT2D eigenvalue weighted by Gasteiger charge is 2.20. The first-order valence-electron chi connectivity index (χ1n) is 7.96. The summed E-state index contributed by atoms with van der Waals surface area (Å²) in [5.41, 5.74) is 8.40. The molecule has 0 bridgehead atoms. The number of ether oxygens (including phenoxy) is 3. The first kappa shape index (κ1) is 17.6. The molecule has 26 heavy (non-hydrogen) atoms. The van der Waals surface area contributed by atoms with E-state index in [2.05, 4.69) is 9.97 Å². The number of anilines is 1. The summed E-state index contributed by atoms with van der Waals surface area (Å²) < 4.78 is 16.0. The Bertz CT molecular complexity index is 865. The molecule has 1 unspecified atom stereocenters. The lowest BCUT2D eigenvalue weighted by Gasteiger charge is -2.16. The van der Waals surface area contributed by atoms with Crippen LogP contribution in [0.5, 0.6) is 17.2 Å². The Labute approximate surface area is 151 Å². The molecule has 136 valence electrons. The van der Waals surface area contributed by atoms with Crippen molar-refractivity contribution in [2.45, 2.75) is 6.10 Å². The van der Waals surface area contributed by atoms with Crippen LogP contribution in [0.15, 0.2) is 42.6 Å². The van der Waals surface area contributed by atoms with Gasteiger partial charge in [0.25, 0.3) is 0 Å². The van der Waals surface area contributed by atoms with Crippen LogP contribution in [-0.2, 0) is 0 Å². The summed E-state index contributed by atoms with van der Waals surface area (Å²) in [4.78, 5) is 7.47. The van der Waals surface area contributed by atoms with Crippen LogP contribution < -0.4 is 19.9 Å². The third kappa shape index (κ3) is 3.29. The van der Waals surface area contributed by atoms with E-state index in [1.165, 1.54) is 21.3 Å². The molecule has 3 aromatic rings. The van der Waals surface area contributed by atoms with Crippen LogP contribution >= 0.6 is 0 Å². The second kappa shape index (κ2) is 7.37. The van der Waals surface area contributed by atoms with Crippen molar-refractivity contribution in [2.75, 3.05) is 27.1 Å². The van der Waals surface area contributed by atoms with E-state index in [4.69, 9.17) is 19.9 Å². The fourth-order valence-corrected chi connectivity index (χ4v) is 2.70. The third-order valence-electron chi connectivity index (χ3n) is 4.08. The van der Waals surface area contributed by atoms with Crippen LogP contribution in [0, 0.1) is 0 Å². The summed E-state index contributed by atoms with van der Waals surface area (Å²) in [6.45, 7) is 0. The molecule has 0 aliphatic carbocycles. The van der Waals surface area contributed by atoms with Crippen LogP contribution in [0.1, 0.15) is 17.4 Å². The van der Waals surface area contributed by atoms with Crippen LogP contribution in [0.2, 0.25) is 0 Å². The van der Waals surface area contributed by atoms with Crippen molar-refractivity contribution in [2.24, 2.45) is 0 Å². The van der Waals surface area contributed by atoms with Crippen LogP contribution in [0.3, 0.4) is 0 Å². The summed E-state index contributed by atoms with van der Waals surface area (Å²) in [5, 5.41) is 10.8. The smallest absolute Gasteiger partial charge is 0.203 e. The molecule has 0 aliphatic rings. The molecule has 0 saturated carbocycles. The first-order valence-corrected chi connectivity index (χ1v) is 7.96. The third-order valence-corrected chi connectivity index (χ3v) is 4.08. The van der Waals surface area contributed by atoms with Crippen molar-refractivity contribution in [3.8, 4) is 28.6 Å². The zero-order valence-corrected chi connectivity index (χ0v) is 14.8. The number of aromatic amines is 1. The van der Waals surface area contributed by atoms with Crippen molar-refractivity contribution in [1.82, 2.24) is 9.97 Å². The predicted octanol–water partition coefficient (Wildman–Crippen LogP) is 2.77. The lowest BCUT2D eigenvalue weighted by Crippen LogP contribution is -2.03. The number of nitrogens with zero attached hydrogens (tertiary/aromatic N) is 1. The van der Waals surface area contributed by atoms with Crippen molar-refractivity contribution >= 4 is 5.69 Å². The summed E-state index contributed by atoms with van der Waals surface area (Å²) in [6.07, 6.45) is 0.665. The molecule has 1 atom stereocenters. The molecule has 3 rings (SSSR count). The molecule has 0 aliphatic heterocycles. The van der Waals surface area contributed by atoms with Gasteiger partial charge in [0.2, 0.25) is 5.75 Å². The number of aliphatic hydroxyl groups is 1. The number of nitrogens with two attached hydrogens (primary N) is 1. The molecule has 0 radical (unpaired) electrons. The van der Waals surface area contributed by atoms with E-state index in [1.807, 2.05) is 12.1 Å². The van der Waals surface area contributed by atoms with Crippen LogP contribution in [-0.4, -0.2) is 36.4 Å². The number of nitrogens with one attached hydrogen (secondary N) is 1. The number of aromatic nitrogens is 2. The van der Waals surface area contributed by atoms with Crippen molar-refractivity contribution in [3.05, 3.63) is 53.9 Å². The fourth-order valence-electron chi connectivity index (χ4n) is 2.70. The second-order valence-corrected chi connectivity index (χ2v) is 5.67. The molecule has 0 amide bonds. The second-order valence-electron chi connectivity index (χ2n) is 5.67. The van der Waals surface area contributed by atoms with Gasteiger partial charge in [0, 0.05) is 11.3 Å². The normalized spacial score (nSPS) is 11.8. The maximum absolute atomic E-state index is 10.8. The Morgan fingerprint density at radius 2 is 1.62 bits per heavy atom. The van der Waals surface area contributed by atoms with Crippen LogP contribution in [0.4, 0.5) is 5.69 Å². The minimum atomic E-state index is -0.932. The Morgan fingerprint density at radius 1 is 1.00 bits per heavy atom. The Balaban J connectivity index is 1.94. The SMILES string of the molecule is COc1cc(C(O)c2cnc(-c3ccc(N)cc3)[nH]2)cc(OC)c1OC. The molecule has 4 N–H and O–H groups in total. The van der Waals surface area contributed by atoms with Gasteiger partial charge < -0.3 is 30.0 Å². The van der Waals surface area contributed by atoms with Gasteiger partial charge in [-0.1, -0.05) is 0 Å². The largest absolute Gasteiger partial charge is 0.493 e. The van der Waals surface area contributed by atoms with Gasteiger partial charge in [-0.3, -0.25) is 0 Å². The summed E-state index contributed by atoms with van der Waals surface area (Å²) in [5.74, 6) is 2.06. The standard InChI is InChI=1S/C19H21N3O4/c1-24-15-8-12(9-16(25-2)18(15)26-3)17(23)14-10-21-19(22-14)11-4-6-13(20)7-5-11/h4-10,17,23H,20H2,1-3H3,(H,21,22). The number of imidazole rings is 1. The van der Waals surface area contributed by atoms with Gasteiger partial charge in [-0.2, -0.15) is 0 Å². The quantitative estimate of drug-likeness (QED) is 0.588. The van der Waals surface area contributed by atoms with Gasteiger partial charge >= 0.3 is 0 Å². The highest BCUT2D eigenvalue weighted by Crippen LogP contribution is 2.40. The summed E-state index contributed by atoms with van der Waals surface area (Å²) in [6, 6.07) is 10.7. The number of methoxy groups -OCH3 is 3. The molecular weight excluding hydrogens is 334 g/mol. The predicted molar refractivity (Wildman–Crippen MR) is 98.6 cm³/mol. The monoisotopic (exact) mass is 355 g/mol. The Hall–Kier alpha value is -3.19. The topological polar surface area (TPSA) is 103 Å². The minimum Gasteiger partial charge on any atom is -0.493 e. The molecule has 7 heteroatoms. The maximum Gasteiger partial charge on any atom is 0.203 e. The minimum absolute atomic E-state index is 0.470. The number of hydrogen-bond donors (Lipinski definition) is 3. The lowest BCUT2D eigenvalue weighted by molar-refractivity contribution is 0.214. The lowest BCUT2D eigenvalue weighted by atomic mass is 10.1. The van der Waals surface area contributed by atoms with Crippen LogP contribution in [0.25, 0.3) is 11.4 Å². The van der Waals surface area contributed by atoms with Gasteiger partial charge in [0.1, 0.15) is 11.9 Å². The fraction of sp³-hybridized carbons (Fsp3) is 0.211. The number of H-pyrrole nitrogens is 1. The van der Waals surface area contributed by atoms with Gasteiger partial charge in [0.15, 0.2) is 11.5 Å². The molecule has 1 heterocycles. The maximum atomic E-state index is 10.8. The molecule has 0 spiro atoms. The van der Waals surface area contributed by atoms with E-state index in [0.717, 1.165) is 5.56 Å². The van der Waals surface area contributed by atoms with Crippen molar-refractivity contribution in [1.29, 1.82) is 0 Å². The number of benzene rings is 2. The summed E-state index contributed by atoms with van der Waals surface area (Å²) in [7, 11) is 4.59. The molecule has 1 aromatic heterocycles. The molecular formula is C19H21N3O4. The van der Waals surface area contributed by atoms with Crippen molar-refractivity contribution in [3.63, 3.8) is 0 Å². The van der Waals surface area contributed by atoms with E-state index in [9.17, 15) is 5.11 Å². The van der Waals surface area contributed by atoms with Crippen molar-refractivity contribution < 1.29 is 19.3 Å². The highest BCUT2D eigenvalue weighted by molar-refractivity contribution is 5.59. The molecule has 0 saturated heterocycles. The van der Waals surface area contributed by atoms with E-state index in [0.29, 0.717) is 40.0 Å². The van der Waals surface area contributed by atoms with Gasteiger partial charge in [-0.25, -0.2) is 4.98 Å². The van der Waals surface area contributed by atoms with E-state index < -0.39 is 6.10 Å². The molecule has 7 nitrogen and oxygen atoms in total. The van der Waals surface area contributed by atoms with Gasteiger partial charge in [-0.15, -0.1) is 0 Å². The first-order chi connectivity index (χ1) is 12.6. The van der Waals surface area contributed by atoms with E-state index in [1.54, 1.807) is 30.5 Å². The zero-order chi connectivity index (χ0) is 18.7. The molecule has 0 fully saturated rings. The number of rotatable bonds is 6. The zero-order valence-electron chi connectivity index (χ0n) is 14.8. The number of aliphatic hydroxyl groups excluding tert-OH is 1. The Morgan fingerprint density at radius 3 is 2.15 bits per heavy atom. The Kier molecular flexibility index (Phi) is 4.99. The molecule has 2 aromatic carbocycles. The van der Waals surface area contributed by atoms with Gasteiger partial charge in [0.05, 0.1) is 33.2 Å². The number of hydrogen-bond acceptors (Lipinski definition) is 6. The average Bonchev–Trinajstić information content (AvgIpc) is 3.16. The highest BCUT2D eigenvalue weighted by atomic mass is 16.5. The summed E-state index contributed by atoms with van der Waals surface area (Å²) >= 11 is 0. The number of nitrogen functional groups attached to an aromatic ring is 1. The van der Waals surface area contributed by atoms with Gasteiger partial charge in [-0.05, 0) is 42.0 Å². The average molecular weight is 355 g/mol. The van der Waals surface area contributed by atoms with E-state index >= 15 is 0 Å². The van der Waals surface area contributed by atoms with E-state index in [-0.39, 0.29) is 0 Å².